The van der Waals surface area contributed by atoms with Crippen molar-refractivity contribution < 1.29 is 4.21 Å². The first kappa shape index (κ1) is 15.0. The summed E-state index contributed by atoms with van der Waals surface area (Å²) in [5.41, 5.74) is 0. The van der Waals surface area contributed by atoms with Crippen molar-refractivity contribution in [2.24, 2.45) is 0 Å². The van der Waals surface area contributed by atoms with Gasteiger partial charge in [-0.25, -0.2) is 0 Å². The number of benzene rings is 1. The molecule has 1 aromatic rings. The van der Waals surface area contributed by atoms with E-state index in [-0.39, 0.29) is 0 Å². The van der Waals surface area contributed by atoms with Crippen LogP contribution in [0.1, 0.15) is 19.8 Å². The Kier molecular flexibility index (Phi) is 7.12. The van der Waals surface area contributed by atoms with Gasteiger partial charge in [-0.2, -0.15) is 0 Å². The lowest BCUT2D eigenvalue weighted by Gasteiger charge is -2.06. The maximum absolute atomic E-state index is 12.0. The van der Waals surface area contributed by atoms with Crippen molar-refractivity contribution in [3.05, 3.63) is 28.2 Å². The molecular weight excluding hydrogens is 277 g/mol. The van der Waals surface area contributed by atoms with Crippen molar-refractivity contribution >= 4 is 34.0 Å². The lowest BCUT2D eigenvalue weighted by molar-refractivity contribution is 0.652. The smallest absolute Gasteiger partial charge is 0.0589 e. The molecule has 0 amide bonds. The summed E-state index contributed by atoms with van der Waals surface area (Å²) in [7, 11) is -1.07. The minimum absolute atomic E-state index is 0.522. The van der Waals surface area contributed by atoms with Crippen LogP contribution in [-0.2, 0) is 10.8 Å². The number of nitrogens with one attached hydrogen (secondary N) is 1. The molecule has 0 aliphatic rings. The normalized spacial score (nSPS) is 12.6. The Morgan fingerprint density at radius 2 is 2.06 bits per heavy atom. The maximum atomic E-state index is 12.0. The van der Waals surface area contributed by atoms with E-state index in [2.05, 4.69) is 12.2 Å². The van der Waals surface area contributed by atoms with Crippen LogP contribution in [0, 0.1) is 0 Å². The fourth-order valence-corrected chi connectivity index (χ4v) is 3.17. The van der Waals surface area contributed by atoms with Gasteiger partial charge in [0.05, 0.1) is 20.7 Å². The highest BCUT2D eigenvalue weighted by molar-refractivity contribution is 7.85. The van der Waals surface area contributed by atoms with Gasteiger partial charge in [0, 0.05) is 10.8 Å². The number of hydrogen-bond acceptors (Lipinski definition) is 2. The van der Waals surface area contributed by atoms with E-state index in [1.165, 1.54) is 0 Å². The Labute approximate surface area is 115 Å². The third-order valence-electron chi connectivity index (χ3n) is 2.25. The van der Waals surface area contributed by atoms with Gasteiger partial charge in [0.15, 0.2) is 0 Å². The lowest BCUT2D eigenvalue weighted by atomic mass is 10.4. The van der Waals surface area contributed by atoms with Crippen LogP contribution in [0.5, 0.6) is 0 Å². The molecule has 0 saturated heterocycles. The minimum Gasteiger partial charge on any atom is -0.317 e. The zero-order chi connectivity index (χ0) is 12.7. The summed E-state index contributed by atoms with van der Waals surface area (Å²) in [4.78, 5) is 0.634. The molecule has 1 N–H and O–H groups in total. The Morgan fingerprint density at radius 3 is 2.76 bits per heavy atom. The van der Waals surface area contributed by atoms with Gasteiger partial charge in [-0.1, -0.05) is 30.1 Å². The first-order valence-corrected chi connectivity index (χ1v) is 7.76. The average Bonchev–Trinajstić information content (AvgIpc) is 2.32. The fourth-order valence-electron chi connectivity index (χ4n) is 1.39. The second kappa shape index (κ2) is 8.09. The molecule has 0 aliphatic carbocycles. The van der Waals surface area contributed by atoms with E-state index >= 15 is 0 Å². The molecular formula is C12H17Cl2NOS. The van der Waals surface area contributed by atoms with Gasteiger partial charge >= 0.3 is 0 Å². The largest absolute Gasteiger partial charge is 0.317 e. The van der Waals surface area contributed by atoms with Crippen molar-refractivity contribution in [2.45, 2.75) is 24.7 Å². The predicted molar refractivity (Wildman–Crippen MR) is 75.5 cm³/mol. The molecule has 2 nitrogen and oxygen atoms in total. The summed E-state index contributed by atoms with van der Waals surface area (Å²) >= 11 is 11.8. The molecule has 96 valence electrons. The van der Waals surface area contributed by atoms with Gasteiger partial charge in [0.2, 0.25) is 0 Å². The van der Waals surface area contributed by atoms with Crippen molar-refractivity contribution in [2.75, 3.05) is 18.8 Å². The molecule has 1 rings (SSSR count). The monoisotopic (exact) mass is 293 g/mol. The third kappa shape index (κ3) is 5.38. The van der Waals surface area contributed by atoms with E-state index in [1.54, 1.807) is 18.2 Å². The van der Waals surface area contributed by atoms with Crippen molar-refractivity contribution in [3.8, 4) is 0 Å². The molecule has 0 fully saturated rings. The van der Waals surface area contributed by atoms with Crippen LogP contribution in [0.4, 0.5) is 0 Å². The molecule has 5 heteroatoms. The molecule has 1 aromatic carbocycles. The third-order valence-corrected chi connectivity index (χ3v) is 4.41. The Bertz CT molecular complexity index is 385. The molecule has 1 atom stereocenters. The first-order chi connectivity index (χ1) is 8.15. The van der Waals surface area contributed by atoms with Crippen molar-refractivity contribution in [1.29, 1.82) is 0 Å². The Morgan fingerprint density at radius 1 is 1.29 bits per heavy atom. The van der Waals surface area contributed by atoms with E-state index in [1.807, 2.05) is 0 Å². The van der Waals surface area contributed by atoms with E-state index in [4.69, 9.17) is 23.2 Å². The predicted octanol–water partition coefficient (Wildman–Crippen LogP) is 3.49. The minimum atomic E-state index is -1.07. The zero-order valence-corrected chi connectivity index (χ0v) is 12.2. The Balaban J connectivity index is 2.44. The standard InChI is InChI=1S/C12H17Cl2NOS/c1-2-6-15-7-3-8-17(16)12-9-10(13)4-5-11(12)14/h4-5,9,15H,2-3,6-8H2,1H3. The van der Waals surface area contributed by atoms with Crippen LogP contribution in [0.2, 0.25) is 10.0 Å². The first-order valence-electron chi connectivity index (χ1n) is 5.69. The van der Waals surface area contributed by atoms with E-state index in [0.29, 0.717) is 20.7 Å². The summed E-state index contributed by atoms with van der Waals surface area (Å²) in [5, 5.41) is 4.37. The summed E-state index contributed by atoms with van der Waals surface area (Å²) < 4.78 is 12.0. The van der Waals surface area contributed by atoms with Crippen molar-refractivity contribution in [1.82, 2.24) is 5.32 Å². The fraction of sp³-hybridized carbons (Fsp3) is 0.500. The van der Waals surface area contributed by atoms with E-state index < -0.39 is 10.8 Å². The molecule has 0 heterocycles. The van der Waals surface area contributed by atoms with Gasteiger partial charge in [-0.15, -0.1) is 0 Å². The highest BCUT2D eigenvalue weighted by Crippen LogP contribution is 2.23. The van der Waals surface area contributed by atoms with Crippen LogP contribution >= 0.6 is 23.2 Å². The van der Waals surface area contributed by atoms with Gasteiger partial charge in [-0.3, -0.25) is 4.21 Å². The second-order valence-electron chi connectivity index (χ2n) is 3.73. The Hall–Kier alpha value is -0.0900. The van der Waals surface area contributed by atoms with E-state index in [0.717, 1.165) is 25.9 Å². The molecule has 0 aromatic heterocycles. The second-order valence-corrected chi connectivity index (χ2v) is 6.11. The highest BCUT2D eigenvalue weighted by atomic mass is 35.5. The molecule has 0 bridgehead atoms. The summed E-state index contributed by atoms with van der Waals surface area (Å²) in [6, 6.07) is 5.07. The van der Waals surface area contributed by atoms with Crippen LogP contribution in [0.25, 0.3) is 0 Å². The van der Waals surface area contributed by atoms with Gasteiger partial charge < -0.3 is 5.32 Å². The molecule has 1 unspecified atom stereocenters. The highest BCUT2D eigenvalue weighted by Gasteiger charge is 2.08. The molecule has 0 saturated carbocycles. The summed E-state index contributed by atoms with van der Waals surface area (Å²) in [5.74, 6) is 0.608. The maximum Gasteiger partial charge on any atom is 0.0589 e. The molecule has 0 radical (unpaired) electrons. The van der Waals surface area contributed by atoms with Gasteiger partial charge in [0.1, 0.15) is 0 Å². The van der Waals surface area contributed by atoms with Gasteiger partial charge in [-0.05, 0) is 44.1 Å². The van der Waals surface area contributed by atoms with Crippen LogP contribution in [0.3, 0.4) is 0 Å². The van der Waals surface area contributed by atoms with Crippen LogP contribution in [-0.4, -0.2) is 23.1 Å². The topological polar surface area (TPSA) is 29.1 Å². The van der Waals surface area contributed by atoms with Crippen LogP contribution < -0.4 is 5.32 Å². The molecule has 17 heavy (non-hydrogen) atoms. The molecule has 0 spiro atoms. The van der Waals surface area contributed by atoms with Crippen LogP contribution in [0.15, 0.2) is 23.1 Å². The van der Waals surface area contributed by atoms with Crippen molar-refractivity contribution in [3.63, 3.8) is 0 Å². The molecule has 0 aliphatic heterocycles. The number of halogens is 2. The number of rotatable bonds is 7. The zero-order valence-electron chi connectivity index (χ0n) is 9.84. The summed E-state index contributed by atoms with van der Waals surface area (Å²) in [6.07, 6.45) is 1.98. The lowest BCUT2D eigenvalue weighted by Crippen LogP contribution is -2.17. The average molecular weight is 294 g/mol. The number of hydrogen-bond donors (Lipinski definition) is 1. The van der Waals surface area contributed by atoms with Gasteiger partial charge in [0.25, 0.3) is 0 Å². The quantitative estimate of drug-likeness (QED) is 0.780. The summed E-state index contributed by atoms with van der Waals surface area (Å²) in [6.45, 7) is 4.01. The SMILES string of the molecule is CCCNCCCS(=O)c1cc(Cl)ccc1Cl. The van der Waals surface area contributed by atoms with E-state index in [9.17, 15) is 4.21 Å².